The van der Waals surface area contributed by atoms with Gasteiger partial charge in [-0.15, -0.1) is 0 Å². The van der Waals surface area contributed by atoms with Crippen molar-refractivity contribution >= 4 is 11.8 Å². The third-order valence-corrected chi connectivity index (χ3v) is 5.09. The Labute approximate surface area is 98.2 Å². The van der Waals surface area contributed by atoms with Gasteiger partial charge in [-0.3, -0.25) is 4.90 Å². The molecular weight excluding hydrogens is 204 g/mol. The van der Waals surface area contributed by atoms with Crippen LogP contribution in [0, 0.1) is 5.41 Å². The quantitative estimate of drug-likeness (QED) is 0.737. The van der Waals surface area contributed by atoms with Gasteiger partial charge in [0.05, 0.1) is 0 Å². The standard InChI is InChI=1S/C12H24N2S/c1-12(2)8-11(9-15-10-12)14-6-3-4-13-5-7-14/h11,13H,3-10H2,1-2H3. The summed E-state index contributed by atoms with van der Waals surface area (Å²) in [6, 6.07) is 0.832. The van der Waals surface area contributed by atoms with E-state index in [4.69, 9.17) is 0 Å². The van der Waals surface area contributed by atoms with Crippen molar-refractivity contribution in [1.29, 1.82) is 0 Å². The summed E-state index contributed by atoms with van der Waals surface area (Å²) in [5.41, 5.74) is 0.549. The molecule has 0 saturated carbocycles. The van der Waals surface area contributed by atoms with Crippen molar-refractivity contribution in [3.05, 3.63) is 0 Å². The summed E-state index contributed by atoms with van der Waals surface area (Å²) in [6.07, 6.45) is 2.71. The Bertz CT molecular complexity index is 198. The van der Waals surface area contributed by atoms with E-state index in [2.05, 4.69) is 35.8 Å². The maximum absolute atomic E-state index is 3.49. The smallest absolute Gasteiger partial charge is 0.0192 e. The fourth-order valence-electron chi connectivity index (χ4n) is 2.69. The largest absolute Gasteiger partial charge is 0.315 e. The molecule has 2 heterocycles. The maximum atomic E-state index is 3.49. The van der Waals surface area contributed by atoms with Crippen molar-refractivity contribution < 1.29 is 0 Å². The van der Waals surface area contributed by atoms with E-state index >= 15 is 0 Å². The second kappa shape index (κ2) is 5.07. The zero-order chi connectivity index (χ0) is 10.7. The first-order valence-electron chi connectivity index (χ1n) is 6.20. The van der Waals surface area contributed by atoms with E-state index in [1.54, 1.807) is 0 Å². The van der Waals surface area contributed by atoms with E-state index in [1.165, 1.54) is 50.5 Å². The van der Waals surface area contributed by atoms with Gasteiger partial charge >= 0.3 is 0 Å². The van der Waals surface area contributed by atoms with E-state index < -0.39 is 0 Å². The zero-order valence-corrected chi connectivity index (χ0v) is 10.9. The fourth-order valence-corrected chi connectivity index (χ4v) is 4.08. The molecule has 2 nitrogen and oxygen atoms in total. The summed E-state index contributed by atoms with van der Waals surface area (Å²) in [4.78, 5) is 2.72. The van der Waals surface area contributed by atoms with Crippen LogP contribution in [0.5, 0.6) is 0 Å². The van der Waals surface area contributed by atoms with Crippen LogP contribution >= 0.6 is 11.8 Å². The monoisotopic (exact) mass is 228 g/mol. The van der Waals surface area contributed by atoms with E-state index in [1.807, 2.05) is 0 Å². The van der Waals surface area contributed by atoms with E-state index in [9.17, 15) is 0 Å². The topological polar surface area (TPSA) is 15.3 Å². The first-order chi connectivity index (χ1) is 7.17. The molecule has 2 saturated heterocycles. The molecule has 3 heteroatoms. The summed E-state index contributed by atoms with van der Waals surface area (Å²) in [5, 5.41) is 3.49. The van der Waals surface area contributed by atoms with Crippen LogP contribution in [-0.4, -0.2) is 48.6 Å². The van der Waals surface area contributed by atoms with Crippen molar-refractivity contribution in [3.63, 3.8) is 0 Å². The highest BCUT2D eigenvalue weighted by atomic mass is 32.2. The van der Waals surface area contributed by atoms with Gasteiger partial charge < -0.3 is 5.32 Å². The highest BCUT2D eigenvalue weighted by Gasteiger charge is 2.31. The minimum absolute atomic E-state index is 0.549. The first kappa shape index (κ1) is 11.7. The molecule has 15 heavy (non-hydrogen) atoms. The van der Waals surface area contributed by atoms with Crippen LogP contribution in [0.25, 0.3) is 0 Å². The Kier molecular flexibility index (Phi) is 3.97. The van der Waals surface area contributed by atoms with Crippen LogP contribution in [0.3, 0.4) is 0 Å². The molecule has 88 valence electrons. The molecule has 2 aliphatic rings. The van der Waals surface area contributed by atoms with E-state index in [-0.39, 0.29) is 0 Å². The zero-order valence-electron chi connectivity index (χ0n) is 10.1. The van der Waals surface area contributed by atoms with Crippen LogP contribution in [-0.2, 0) is 0 Å². The second-order valence-corrected chi connectivity index (χ2v) is 6.71. The van der Waals surface area contributed by atoms with Gasteiger partial charge in [-0.2, -0.15) is 11.8 Å². The summed E-state index contributed by atoms with van der Waals surface area (Å²) in [6.45, 7) is 9.78. The van der Waals surface area contributed by atoms with Gasteiger partial charge in [-0.1, -0.05) is 13.8 Å². The van der Waals surface area contributed by atoms with Crippen molar-refractivity contribution in [3.8, 4) is 0 Å². The minimum Gasteiger partial charge on any atom is -0.315 e. The molecular formula is C12H24N2S. The van der Waals surface area contributed by atoms with Gasteiger partial charge in [0, 0.05) is 24.9 Å². The summed E-state index contributed by atoms with van der Waals surface area (Å²) < 4.78 is 0. The van der Waals surface area contributed by atoms with Gasteiger partial charge in [0.1, 0.15) is 0 Å². The molecule has 0 aromatic rings. The minimum atomic E-state index is 0.549. The lowest BCUT2D eigenvalue weighted by Gasteiger charge is -2.40. The highest BCUT2D eigenvalue weighted by molar-refractivity contribution is 7.99. The van der Waals surface area contributed by atoms with Gasteiger partial charge in [0.2, 0.25) is 0 Å². The molecule has 0 aromatic carbocycles. The summed E-state index contributed by atoms with van der Waals surface area (Å²) >= 11 is 2.15. The summed E-state index contributed by atoms with van der Waals surface area (Å²) in [5.74, 6) is 2.69. The highest BCUT2D eigenvalue weighted by Crippen LogP contribution is 2.35. The molecule has 0 bridgehead atoms. The number of rotatable bonds is 1. The van der Waals surface area contributed by atoms with Crippen LogP contribution in [0.2, 0.25) is 0 Å². The number of hydrogen-bond acceptors (Lipinski definition) is 3. The van der Waals surface area contributed by atoms with E-state index in [0.29, 0.717) is 5.41 Å². The lowest BCUT2D eigenvalue weighted by molar-refractivity contribution is 0.168. The maximum Gasteiger partial charge on any atom is 0.0192 e. The predicted octanol–water partition coefficient (Wildman–Crippen LogP) is 1.81. The van der Waals surface area contributed by atoms with Crippen LogP contribution in [0.1, 0.15) is 26.7 Å². The lowest BCUT2D eigenvalue weighted by Crippen LogP contribution is -2.45. The Morgan fingerprint density at radius 2 is 2.13 bits per heavy atom. The van der Waals surface area contributed by atoms with Gasteiger partial charge in [-0.05, 0) is 37.1 Å². The SMILES string of the molecule is CC1(C)CSCC(N2CCCNCC2)C1. The normalized spacial score (nSPS) is 33.6. The molecule has 0 spiro atoms. The Morgan fingerprint density at radius 1 is 1.27 bits per heavy atom. The van der Waals surface area contributed by atoms with Crippen molar-refractivity contribution in [2.45, 2.75) is 32.7 Å². The van der Waals surface area contributed by atoms with Gasteiger partial charge in [0.25, 0.3) is 0 Å². The molecule has 0 radical (unpaired) electrons. The molecule has 2 aliphatic heterocycles. The molecule has 2 rings (SSSR count). The Morgan fingerprint density at radius 3 is 2.93 bits per heavy atom. The molecule has 2 fully saturated rings. The molecule has 1 unspecified atom stereocenters. The molecule has 0 amide bonds. The van der Waals surface area contributed by atoms with Crippen molar-refractivity contribution in [2.24, 2.45) is 5.41 Å². The first-order valence-corrected chi connectivity index (χ1v) is 7.35. The lowest BCUT2D eigenvalue weighted by atomic mass is 9.87. The fraction of sp³-hybridized carbons (Fsp3) is 1.00. The van der Waals surface area contributed by atoms with Crippen molar-refractivity contribution in [1.82, 2.24) is 10.2 Å². The number of nitrogens with zero attached hydrogens (tertiary/aromatic N) is 1. The average molecular weight is 228 g/mol. The number of thioether (sulfide) groups is 1. The van der Waals surface area contributed by atoms with Crippen LogP contribution in [0.4, 0.5) is 0 Å². The Hall–Kier alpha value is 0.270. The Balaban J connectivity index is 1.90. The molecule has 0 aromatic heterocycles. The number of hydrogen-bond donors (Lipinski definition) is 1. The van der Waals surface area contributed by atoms with Gasteiger partial charge in [0.15, 0.2) is 0 Å². The van der Waals surface area contributed by atoms with Crippen LogP contribution < -0.4 is 5.32 Å². The molecule has 1 N–H and O–H groups in total. The predicted molar refractivity (Wildman–Crippen MR) is 68.6 cm³/mol. The second-order valence-electron chi connectivity index (χ2n) is 5.68. The van der Waals surface area contributed by atoms with Gasteiger partial charge in [-0.25, -0.2) is 0 Å². The van der Waals surface area contributed by atoms with Crippen LogP contribution in [0.15, 0.2) is 0 Å². The van der Waals surface area contributed by atoms with Crippen molar-refractivity contribution in [2.75, 3.05) is 37.7 Å². The van der Waals surface area contributed by atoms with E-state index in [0.717, 1.165) is 6.04 Å². The average Bonchev–Trinajstić information content (AvgIpc) is 2.44. The molecule has 0 aliphatic carbocycles. The summed E-state index contributed by atoms with van der Waals surface area (Å²) in [7, 11) is 0. The third-order valence-electron chi connectivity index (χ3n) is 3.48. The molecule has 1 atom stereocenters. The third kappa shape index (κ3) is 3.36. The number of nitrogens with one attached hydrogen (secondary N) is 1.